The van der Waals surface area contributed by atoms with Crippen LogP contribution in [0.5, 0.6) is 11.5 Å². The number of nitrogens with one attached hydrogen (secondary N) is 1. The van der Waals surface area contributed by atoms with E-state index in [9.17, 15) is 4.79 Å². The summed E-state index contributed by atoms with van der Waals surface area (Å²) in [6.07, 6.45) is 0. The zero-order valence-electron chi connectivity index (χ0n) is 17.8. The molecule has 1 N–H and O–H groups in total. The summed E-state index contributed by atoms with van der Waals surface area (Å²) in [7, 11) is 3.30. The third-order valence-electron chi connectivity index (χ3n) is 5.59. The summed E-state index contributed by atoms with van der Waals surface area (Å²) in [5.41, 5.74) is 3.16. The summed E-state index contributed by atoms with van der Waals surface area (Å²) in [5, 5.41) is 3.06. The molecule has 6 heteroatoms. The predicted molar refractivity (Wildman–Crippen MR) is 116 cm³/mol. The summed E-state index contributed by atoms with van der Waals surface area (Å²) in [4.78, 5) is 17.3. The van der Waals surface area contributed by atoms with E-state index in [0.29, 0.717) is 0 Å². The van der Waals surface area contributed by atoms with Crippen LogP contribution >= 0.6 is 0 Å². The van der Waals surface area contributed by atoms with E-state index in [0.717, 1.165) is 55.5 Å². The van der Waals surface area contributed by atoms with Crippen molar-refractivity contribution in [3.8, 4) is 11.5 Å². The number of hydrogen-bond donors (Lipinski definition) is 1. The quantitative estimate of drug-likeness (QED) is 0.778. The van der Waals surface area contributed by atoms with Gasteiger partial charge in [0, 0.05) is 38.4 Å². The second-order valence-corrected chi connectivity index (χ2v) is 7.48. The highest BCUT2D eigenvalue weighted by atomic mass is 16.5. The molecule has 0 aromatic heterocycles. The minimum absolute atomic E-state index is 0.0487. The summed E-state index contributed by atoms with van der Waals surface area (Å²) >= 11 is 0. The molecule has 1 amide bonds. The molecule has 1 fully saturated rings. The molecule has 1 saturated heterocycles. The number of aryl methyl sites for hydroxylation is 1. The Morgan fingerprint density at radius 1 is 1.03 bits per heavy atom. The van der Waals surface area contributed by atoms with Crippen molar-refractivity contribution < 1.29 is 14.3 Å². The molecule has 2 aromatic rings. The number of piperazine rings is 1. The molecule has 0 spiro atoms. The number of methoxy groups -OCH3 is 2. The number of nitrogens with zero attached hydrogens (tertiary/aromatic N) is 2. The van der Waals surface area contributed by atoms with Crippen LogP contribution in [0.25, 0.3) is 0 Å². The minimum Gasteiger partial charge on any atom is -0.493 e. The van der Waals surface area contributed by atoms with Gasteiger partial charge >= 0.3 is 0 Å². The largest absolute Gasteiger partial charge is 0.493 e. The molecule has 156 valence electrons. The average molecular weight is 398 g/mol. The van der Waals surface area contributed by atoms with Crippen LogP contribution in [0, 0.1) is 6.92 Å². The molecular weight excluding hydrogens is 366 g/mol. The van der Waals surface area contributed by atoms with Crippen LogP contribution in [0.4, 0.5) is 5.69 Å². The van der Waals surface area contributed by atoms with Crippen molar-refractivity contribution in [2.45, 2.75) is 26.4 Å². The van der Waals surface area contributed by atoms with Crippen LogP contribution in [0.1, 0.15) is 18.1 Å². The normalized spacial score (nSPS) is 16.3. The zero-order valence-corrected chi connectivity index (χ0v) is 17.8. The number of carbonyl (C=O) groups excluding carboxylic acids is 1. The monoisotopic (exact) mass is 397 g/mol. The van der Waals surface area contributed by atoms with Crippen LogP contribution in [0.15, 0.2) is 42.5 Å². The molecule has 0 aliphatic carbocycles. The van der Waals surface area contributed by atoms with Crippen molar-refractivity contribution in [1.82, 2.24) is 9.80 Å². The Hall–Kier alpha value is -2.57. The Kier molecular flexibility index (Phi) is 7.12. The van der Waals surface area contributed by atoms with Gasteiger partial charge in [-0.25, -0.2) is 0 Å². The predicted octanol–water partition coefficient (Wildman–Crippen LogP) is 3.16. The summed E-state index contributed by atoms with van der Waals surface area (Å²) in [6.45, 7) is 8.45. The lowest BCUT2D eigenvalue weighted by atomic mass is 10.1. The van der Waals surface area contributed by atoms with Gasteiger partial charge in [-0.3, -0.25) is 14.6 Å². The van der Waals surface area contributed by atoms with Gasteiger partial charge in [0.2, 0.25) is 5.91 Å². The number of anilines is 1. The number of carbonyl (C=O) groups is 1. The Labute approximate surface area is 173 Å². The molecule has 1 atom stereocenters. The van der Waals surface area contributed by atoms with E-state index in [1.807, 2.05) is 50.2 Å². The lowest BCUT2D eigenvalue weighted by Gasteiger charge is -2.37. The van der Waals surface area contributed by atoms with Gasteiger partial charge in [0.05, 0.1) is 20.3 Å². The van der Waals surface area contributed by atoms with Crippen LogP contribution < -0.4 is 14.8 Å². The second kappa shape index (κ2) is 9.76. The van der Waals surface area contributed by atoms with Crippen LogP contribution in [-0.2, 0) is 11.3 Å². The first-order chi connectivity index (χ1) is 14.0. The molecule has 0 saturated carbocycles. The van der Waals surface area contributed by atoms with Crippen molar-refractivity contribution in [3.05, 3.63) is 53.6 Å². The molecule has 0 radical (unpaired) electrons. The van der Waals surface area contributed by atoms with Gasteiger partial charge in [-0.2, -0.15) is 0 Å². The van der Waals surface area contributed by atoms with E-state index >= 15 is 0 Å². The van der Waals surface area contributed by atoms with Gasteiger partial charge in [0.1, 0.15) is 0 Å². The second-order valence-electron chi connectivity index (χ2n) is 7.48. The smallest absolute Gasteiger partial charge is 0.241 e. The van der Waals surface area contributed by atoms with Crippen LogP contribution in [-0.4, -0.2) is 62.1 Å². The van der Waals surface area contributed by atoms with E-state index in [1.165, 1.54) is 5.56 Å². The number of rotatable bonds is 7. The topological polar surface area (TPSA) is 54.0 Å². The van der Waals surface area contributed by atoms with E-state index in [4.69, 9.17) is 9.47 Å². The first-order valence-corrected chi connectivity index (χ1v) is 10.1. The summed E-state index contributed by atoms with van der Waals surface area (Å²) < 4.78 is 10.7. The number of ether oxygens (including phenoxy) is 2. The molecular formula is C23H31N3O3. The number of amides is 1. The van der Waals surface area contributed by atoms with Gasteiger partial charge < -0.3 is 14.8 Å². The fourth-order valence-corrected chi connectivity index (χ4v) is 3.66. The number of hydrogen-bond acceptors (Lipinski definition) is 5. The molecule has 1 heterocycles. The van der Waals surface area contributed by atoms with Gasteiger partial charge in [-0.05, 0) is 43.2 Å². The molecule has 6 nitrogen and oxygen atoms in total. The number of benzene rings is 2. The SMILES string of the molecule is COc1ccc(CN2CCN([C@H](C)C(=O)Nc3ccccc3C)CC2)cc1OC. The first kappa shape index (κ1) is 21.1. The molecule has 29 heavy (non-hydrogen) atoms. The fraction of sp³-hybridized carbons (Fsp3) is 0.435. The van der Waals surface area contributed by atoms with Crippen molar-refractivity contribution in [2.24, 2.45) is 0 Å². The molecule has 0 bridgehead atoms. The van der Waals surface area contributed by atoms with E-state index in [-0.39, 0.29) is 11.9 Å². The van der Waals surface area contributed by atoms with E-state index in [2.05, 4.69) is 21.2 Å². The highest BCUT2D eigenvalue weighted by molar-refractivity contribution is 5.95. The summed E-state index contributed by atoms with van der Waals surface area (Å²) in [5.74, 6) is 1.55. The van der Waals surface area contributed by atoms with Crippen molar-refractivity contribution in [3.63, 3.8) is 0 Å². The Balaban J connectivity index is 1.52. The van der Waals surface area contributed by atoms with Crippen molar-refractivity contribution in [2.75, 3.05) is 45.7 Å². The lowest BCUT2D eigenvalue weighted by Crippen LogP contribution is -2.52. The van der Waals surface area contributed by atoms with Gasteiger partial charge in [0.25, 0.3) is 0 Å². The standard InChI is InChI=1S/C23H31N3O3/c1-17-7-5-6-8-20(17)24-23(27)18(2)26-13-11-25(12-14-26)16-19-9-10-21(28-3)22(15-19)29-4/h5-10,15,18H,11-14,16H2,1-4H3,(H,24,27)/t18-/m1/s1. The highest BCUT2D eigenvalue weighted by Gasteiger charge is 2.26. The van der Waals surface area contributed by atoms with Crippen molar-refractivity contribution >= 4 is 11.6 Å². The van der Waals surface area contributed by atoms with Gasteiger partial charge in [0.15, 0.2) is 11.5 Å². The Morgan fingerprint density at radius 3 is 2.38 bits per heavy atom. The molecule has 2 aromatic carbocycles. The van der Waals surface area contributed by atoms with Gasteiger partial charge in [-0.15, -0.1) is 0 Å². The van der Waals surface area contributed by atoms with Gasteiger partial charge in [-0.1, -0.05) is 24.3 Å². The van der Waals surface area contributed by atoms with Crippen LogP contribution in [0.3, 0.4) is 0 Å². The zero-order chi connectivity index (χ0) is 20.8. The maximum atomic E-state index is 12.7. The molecule has 0 unspecified atom stereocenters. The van der Waals surface area contributed by atoms with Crippen LogP contribution in [0.2, 0.25) is 0 Å². The molecule has 3 rings (SSSR count). The molecule has 1 aliphatic heterocycles. The fourth-order valence-electron chi connectivity index (χ4n) is 3.66. The summed E-state index contributed by atoms with van der Waals surface area (Å²) in [6, 6.07) is 13.8. The minimum atomic E-state index is -0.155. The average Bonchev–Trinajstić information content (AvgIpc) is 2.75. The Morgan fingerprint density at radius 2 is 1.72 bits per heavy atom. The molecule has 1 aliphatic rings. The highest BCUT2D eigenvalue weighted by Crippen LogP contribution is 2.28. The maximum Gasteiger partial charge on any atom is 0.241 e. The third kappa shape index (κ3) is 5.28. The van der Waals surface area contributed by atoms with E-state index in [1.54, 1.807) is 14.2 Å². The van der Waals surface area contributed by atoms with Crippen molar-refractivity contribution in [1.29, 1.82) is 0 Å². The number of para-hydroxylation sites is 1. The first-order valence-electron chi connectivity index (χ1n) is 10.1. The van der Waals surface area contributed by atoms with E-state index < -0.39 is 0 Å². The lowest BCUT2D eigenvalue weighted by molar-refractivity contribution is -0.121. The Bertz CT molecular complexity index is 832. The third-order valence-corrected chi connectivity index (χ3v) is 5.59. The maximum absolute atomic E-state index is 12.7.